The Morgan fingerprint density at radius 1 is 1.43 bits per heavy atom. The molecule has 110 valence electrons. The summed E-state index contributed by atoms with van der Waals surface area (Å²) in [6.07, 6.45) is 1.39. The van der Waals surface area contributed by atoms with Crippen LogP contribution >= 0.6 is 11.6 Å². The lowest BCUT2D eigenvalue weighted by molar-refractivity contribution is -0.130. The first-order chi connectivity index (χ1) is 9.90. The molecule has 0 unspecified atom stereocenters. The van der Waals surface area contributed by atoms with Gasteiger partial charge >= 0.3 is 0 Å². The van der Waals surface area contributed by atoms with Crippen LogP contribution in [0.5, 0.6) is 0 Å². The molecular weight excluding hydrogens is 292 g/mol. The zero-order valence-corrected chi connectivity index (χ0v) is 12.4. The number of anilines is 1. The number of hydrogen-bond acceptors (Lipinski definition) is 5. The number of hydrogen-bond donors (Lipinski definition) is 2. The van der Waals surface area contributed by atoms with Gasteiger partial charge in [0, 0.05) is 5.02 Å². The van der Waals surface area contributed by atoms with Gasteiger partial charge in [-0.15, -0.1) is 0 Å². The molecule has 0 amide bonds. The van der Waals surface area contributed by atoms with E-state index in [2.05, 4.69) is 15.4 Å². The number of nitrogens with zero attached hydrogens (tertiary/aromatic N) is 3. The number of ketones is 1. The van der Waals surface area contributed by atoms with Crippen molar-refractivity contribution in [3.8, 4) is 0 Å². The van der Waals surface area contributed by atoms with Crippen molar-refractivity contribution >= 4 is 23.3 Å². The van der Waals surface area contributed by atoms with Crippen LogP contribution < -0.4 is 5.32 Å². The van der Waals surface area contributed by atoms with Crippen molar-refractivity contribution in [3.05, 3.63) is 41.2 Å². The standard InChI is InChI=1S/C14H15ClN4O2/c1-8(20)11-12(9-3-5-10(15)6-4-9)19-13(16-7-17-19)18-14(11,2)21/h3-7,11-12,21H,1-2H3,(H,16,17,18)/t11-,12-,14+/m1/s1. The van der Waals surface area contributed by atoms with Crippen LogP contribution in [-0.2, 0) is 4.79 Å². The second-order valence-corrected chi connectivity index (χ2v) is 5.82. The molecule has 0 bridgehead atoms. The van der Waals surface area contributed by atoms with Crippen molar-refractivity contribution in [3.63, 3.8) is 0 Å². The molecule has 1 aliphatic heterocycles. The topological polar surface area (TPSA) is 80.0 Å². The van der Waals surface area contributed by atoms with E-state index in [4.69, 9.17) is 11.6 Å². The molecule has 6 nitrogen and oxygen atoms in total. The van der Waals surface area contributed by atoms with Gasteiger partial charge in [0.2, 0.25) is 5.95 Å². The number of Topliss-reactive ketones (excluding diaryl/α,β-unsaturated/α-hetero) is 1. The Hall–Kier alpha value is -1.92. The maximum Gasteiger partial charge on any atom is 0.223 e. The molecule has 7 heteroatoms. The van der Waals surface area contributed by atoms with Gasteiger partial charge in [-0.25, -0.2) is 4.68 Å². The molecule has 3 atom stereocenters. The van der Waals surface area contributed by atoms with Crippen LogP contribution in [0.1, 0.15) is 25.5 Å². The first-order valence-corrected chi connectivity index (χ1v) is 6.94. The summed E-state index contributed by atoms with van der Waals surface area (Å²) < 4.78 is 1.62. The molecule has 0 radical (unpaired) electrons. The van der Waals surface area contributed by atoms with Crippen LogP contribution in [0.2, 0.25) is 5.02 Å². The van der Waals surface area contributed by atoms with Crippen LogP contribution in [-0.4, -0.2) is 31.4 Å². The molecule has 1 aromatic heterocycles. The van der Waals surface area contributed by atoms with Gasteiger partial charge in [-0.05, 0) is 31.5 Å². The van der Waals surface area contributed by atoms with Gasteiger partial charge in [-0.3, -0.25) is 4.79 Å². The third kappa shape index (κ3) is 2.30. The zero-order chi connectivity index (χ0) is 15.2. The van der Waals surface area contributed by atoms with E-state index in [1.807, 2.05) is 12.1 Å². The minimum atomic E-state index is -1.40. The third-order valence-electron chi connectivity index (χ3n) is 3.77. The number of aliphatic hydroxyl groups is 1. The summed E-state index contributed by atoms with van der Waals surface area (Å²) in [5.41, 5.74) is -0.563. The first-order valence-electron chi connectivity index (χ1n) is 6.56. The van der Waals surface area contributed by atoms with Crippen molar-refractivity contribution in [2.45, 2.75) is 25.6 Å². The van der Waals surface area contributed by atoms with Crippen LogP contribution in [0.4, 0.5) is 5.95 Å². The van der Waals surface area contributed by atoms with E-state index in [1.165, 1.54) is 13.3 Å². The summed E-state index contributed by atoms with van der Waals surface area (Å²) in [7, 11) is 0. The second kappa shape index (κ2) is 4.82. The van der Waals surface area contributed by atoms with E-state index >= 15 is 0 Å². The number of benzene rings is 1. The Morgan fingerprint density at radius 2 is 2.10 bits per heavy atom. The number of fused-ring (bicyclic) bond motifs is 1. The molecular formula is C14H15ClN4O2. The summed E-state index contributed by atoms with van der Waals surface area (Å²) in [6.45, 7) is 3.03. The van der Waals surface area contributed by atoms with Gasteiger partial charge in [0.25, 0.3) is 0 Å². The van der Waals surface area contributed by atoms with E-state index in [1.54, 1.807) is 23.7 Å². The second-order valence-electron chi connectivity index (χ2n) is 5.39. The van der Waals surface area contributed by atoms with Crippen LogP contribution in [0, 0.1) is 5.92 Å². The molecule has 21 heavy (non-hydrogen) atoms. The van der Waals surface area contributed by atoms with Gasteiger partial charge in [0.1, 0.15) is 17.8 Å². The average Bonchev–Trinajstić information content (AvgIpc) is 2.84. The van der Waals surface area contributed by atoms with Crippen molar-refractivity contribution in [1.29, 1.82) is 0 Å². The summed E-state index contributed by atoms with van der Waals surface area (Å²) in [5.74, 6) is -0.390. The van der Waals surface area contributed by atoms with Crippen molar-refractivity contribution in [1.82, 2.24) is 14.8 Å². The predicted octanol–water partition coefficient (Wildman–Crippen LogP) is 1.86. The van der Waals surface area contributed by atoms with Gasteiger partial charge in [0.05, 0.1) is 12.0 Å². The van der Waals surface area contributed by atoms with Crippen LogP contribution in [0.25, 0.3) is 0 Å². The highest BCUT2D eigenvalue weighted by Gasteiger charge is 2.48. The summed E-state index contributed by atoms with van der Waals surface area (Å²) >= 11 is 5.92. The number of carbonyl (C=O) groups is 1. The van der Waals surface area contributed by atoms with Crippen molar-refractivity contribution < 1.29 is 9.90 Å². The highest BCUT2D eigenvalue weighted by Crippen LogP contribution is 2.40. The minimum Gasteiger partial charge on any atom is -0.370 e. The average molecular weight is 307 g/mol. The highest BCUT2D eigenvalue weighted by molar-refractivity contribution is 6.30. The van der Waals surface area contributed by atoms with Gasteiger partial charge in [-0.1, -0.05) is 23.7 Å². The summed E-state index contributed by atoms with van der Waals surface area (Å²) in [5, 5.41) is 18.3. The predicted molar refractivity (Wildman–Crippen MR) is 78.0 cm³/mol. The molecule has 0 saturated heterocycles. The van der Waals surface area contributed by atoms with E-state index < -0.39 is 17.7 Å². The molecule has 0 aliphatic carbocycles. The summed E-state index contributed by atoms with van der Waals surface area (Å²) in [6, 6.07) is 6.72. The molecule has 0 fully saturated rings. The maximum atomic E-state index is 12.1. The van der Waals surface area contributed by atoms with Gasteiger partial charge in [0.15, 0.2) is 0 Å². The lowest BCUT2D eigenvalue weighted by Gasteiger charge is -2.42. The van der Waals surface area contributed by atoms with E-state index in [0.717, 1.165) is 5.56 Å². The van der Waals surface area contributed by atoms with Crippen LogP contribution in [0.15, 0.2) is 30.6 Å². The largest absolute Gasteiger partial charge is 0.370 e. The smallest absolute Gasteiger partial charge is 0.223 e. The van der Waals surface area contributed by atoms with E-state index in [-0.39, 0.29) is 5.78 Å². The number of carbonyl (C=O) groups excluding carboxylic acids is 1. The SMILES string of the molecule is CC(=O)[C@@H]1[C@@H](c2ccc(Cl)cc2)n2ncnc2N[C@@]1(C)O. The Kier molecular flexibility index (Phi) is 3.22. The molecule has 0 spiro atoms. The monoisotopic (exact) mass is 306 g/mol. The minimum absolute atomic E-state index is 0.131. The van der Waals surface area contributed by atoms with E-state index in [0.29, 0.717) is 11.0 Å². The fourth-order valence-corrected chi connectivity index (χ4v) is 3.03. The maximum absolute atomic E-state index is 12.1. The molecule has 2 aromatic rings. The number of rotatable bonds is 2. The molecule has 0 saturated carbocycles. The van der Waals surface area contributed by atoms with E-state index in [9.17, 15) is 9.90 Å². The molecule has 2 heterocycles. The molecule has 1 aliphatic rings. The van der Waals surface area contributed by atoms with Crippen LogP contribution in [0.3, 0.4) is 0 Å². The number of halogens is 1. The number of nitrogens with one attached hydrogen (secondary N) is 1. The lowest BCUT2D eigenvalue weighted by Crippen LogP contribution is -2.54. The van der Waals surface area contributed by atoms with Crippen molar-refractivity contribution in [2.75, 3.05) is 5.32 Å². The fourth-order valence-electron chi connectivity index (χ4n) is 2.91. The quantitative estimate of drug-likeness (QED) is 0.885. The first kappa shape index (κ1) is 14.0. The Morgan fingerprint density at radius 3 is 2.71 bits per heavy atom. The Labute approximate surface area is 126 Å². The van der Waals surface area contributed by atoms with Crippen molar-refractivity contribution in [2.24, 2.45) is 5.92 Å². The molecule has 3 rings (SSSR count). The Balaban J connectivity index is 2.18. The zero-order valence-electron chi connectivity index (χ0n) is 11.6. The molecule has 2 N–H and O–H groups in total. The van der Waals surface area contributed by atoms with Gasteiger partial charge in [-0.2, -0.15) is 10.1 Å². The highest BCUT2D eigenvalue weighted by atomic mass is 35.5. The van der Waals surface area contributed by atoms with Gasteiger partial charge < -0.3 is 10.4 Å². The molecule has 1 aromatic carbocycles. The number of aromatic nitrogens is 3. The fraction of sp³-hybridized carbons (Fsp3) is 0.357. The summed E-state index contributed by atoms with van der Waals surface area (Å²) in [4.78, 5) is 16.2. The lowest BCUT2D eigenvalue weighted by atomic mass is 9.81. The Bertz CT molecular complexity index is 681. The normalized spacial score (nSPS) is 27.8. The third-order valence-corrected chi connectivity index (χ3v) is 4.02.